The lowest BCUT2D eigenvalue weighted by Crippen LogP contribution is -2.30. The molecule has 0 aliphatic heterocycles. The predicted molar refractivity (Wildman–Crippen MR) is 69.6 cm³/mol. The third-order valence-corrected chi connectivity index (χ3v) is 5.27. The summed E-state index contributed by atoms with van der Waals surface area (Å²) in [6, 6.07) is 16.2. The van der Waals surface area contributed by atoms with E-state index in [9.17, 15) is 13.0 Å². The highest BCUT2D eigenvalue weighted by atomic mass is 32.3. The van der Waals surface area contributed by atoms with E-state index in [4.69, 9.17) is 0 Å². The van der Waals surface area contributed by atoms with Crippen molar-refractivity contribution in [3.8, 4) is 0 Å². The van der Waals surface area contributed by atoms with Crippen molar-refractivity contribution in [2.75, 3.05) is 0 Å². The molecule has 2 aromatic carbocycles. The first-order valence-corrected chi connectivity index (χ1v) is 7.77. The van der Waals surface area contributed by atoms with Crippen LogP contribution in [0.1, 0.15) is 0 Å². The lowest BCUT2D eigenvalue weighted by atomic mass is 10.4. The molecular weight excluding hydrogens is 270 g/mol. The minimum Gasteiger partial charge on any atom is -0.592 e. The molecule has 1 atom stereocenters. The Bertz CT molecular complexity index is 600. The highest BCUT2D eigenvalue weighted by molar-refractivity contribution is 8.04. The number of sulfonamides is 1. The molecule has 0 fully saturated rings. The van der Waals surface area contributed by atoms with Gasteiger partial charge in [0.15, 0.2) is 4.90 Å². The Morgan fingerprint density at radius 2 is 1.39 bits per heavy atom. The van der Waals surface area contributed by atoms with Crippen LogP contribution in [0, 0.1) is 0 Å². The lowest BCUT2D eigenvalue weighted by Gasteiger charge is -2.10. The van der Waals surface area contributed by atoms with Crippen LogP contribution in [0.25, 0.3) is 0 Å². The monoisotopic (exact) mass is 281 g/mol. The molecule has 0 heterocycles. The summed E-state index contributed by atoms with van der Waals surface area (Å²) in [5, 5.41) is 0. The van der Waals surface area contributed by atoms with Gasteiger partial charge in [-0.05, 0) is 28.4 Å². The van der Waals surface area contributed by atoms with Crippen LogP contribution < -0.4 is 4.13 Å². The molecule has 0 aromatic heterocycles. The van der Waals surface area contributed by atoms with Gasteiger partial charge < -0.3 is 4.55 Å². The third kappa shape index (κ3) is 3.11. The van der Waals surface area contributed by atoms with E-state index in [0.717, 1.165) is 0 Å². The van der Waals surface area contributed by atoms with Crippen LogP contribution in [0.2, 0.25) is 0 Å². The molecule has 6 heteroatoms. The Morgan fingerprint density at radius 1 is 0.889 bits per heavy atom. The summed E-state index contributed by atoms with van der Waals surface area (Å²) < 4.78 is 37.8. The van der Waals surface area contributed by atoms with E-state index in [0.29, 0.717) is 4.90 Å². The summed E-state index contributed by atoms with van der Waals surface area (Å²) in [5.41, 5.74) is 0. The van der Waals surface area contributed by atoms with Crippen molar-refractivity contribution in [1.82, 2.24) is 4.13 Å². The summed E-state index contributed by atoms with van der Waals surface area (Å²) in [7, 11) is -3.76. The third-order valence-electron chi connectivity index (χ3n) is 2.20. The lowest BCUT2D eigenvalue weighted by molar-refractivity contribution is 0.576. The molecule has 0 aliphatic rings. The number of rotatable bonds is 4. The van der Waals surface area contributed by atoms with Gasteiger partial charge in [0.25, 0.3) is 10.0 Å². The van der Waals surface area contributed by atoms with E-state index in [1.54, 1.807) is 48.5 Å². The Balaban J connectivity index is 2.20. The van der Waals surface area contributed by atoms with Crippen molar-refractivity contribution in [3.05, 3.63) is 60.7 Å². The number of nitrogens with one attached hydrogen (secondary N) is 1. The van der Waals surface area contributed by atoms with Crippen LogP contribution in [-0.4, -0.2) is 13.0 Å². The summed E-state index contributed by atoms with van der Waals surface area (Å²) in [6.45, 7) is 0. The molecule has 0 radical (unpaired) electrons. The normalized spacial score (nSPS) is 13.2. The van der Waals surface area contributed by atoms with Crippen LogP contribution >= 0.6 is 0 Å². The summed E-state index contributed by atoms with van der Waals surface area (Å²) in [4.78, 5) is 0.506. The highest BCUT2D eigenvalue weighted by Crippen LogP contribution is 2.13. The minimum atomic E-state index is -3.76. The van der Waals surface area contributed by atoms with Crippen molar-refractivity contribution in [1.29, 1.82) is 0 Å². The Labute approximate surface area is 109 Å². The molecule has 0 bridgehead atoms. The zero-order valence-corrected chi connectivity index (χ0v) is 10.9. The molecule has 0 saturated carbocycles. The van der Waals surface area contributed by atoms with Gasteiger partial charge in [-0.3, -0.25) is 0 Å². The molecule has 4 nitrogen and oxygen atoms in total. The Hall–Kier alpha value is -1.34. The average molecular weight is 281 g/mol. The van der Waals surface area contributed by atoms with Crippen LogP contribution in [0.5, 0.6) is 0 Å². The van der Waals surface area contributed by atoms with Gasteiger partial charge in [-0.1, -0.05) is 36.4 Å². The van der Waals surface area contributed by atoms with Gasteiger partial charge in [0.2, 0.25) is 0 Å². The second kappa shape index (κ2) is 5.53. The van der Waals surface area contributed by atoms with Gasteiger partial charge in [0.1, 0.15) is 0 Å². The molecule has 2 aromatic rings. The molecule has 18 heavy (non-hydrogen) atoms. The quantitative estimate of drug-likeness (QED) is 0.867. The van der Waals surface area contributed by atoms with E-state index in [1.807, 2.05) is 0 Å². The maximum atomic E-state index is 11.9. The first-order chi connectivity index (χ1) is 8.59. The molecule has 0 spiro atoms. The topological polar surface area (TPSA) is 69.2 Å². The van der Waals surface area contributed by atoms with Gasteiger partial charge >= 0.3 is 0 Å². The summed E-state index contributed by atoms with van der Waals surface area (Å²) in [6.07, 6.45) is 0. The fraction of sp³-hybridized carbons (Fsp3) is 0. The molecule has 0 amide bonds. The summed E-state index contributed by atoms with van der Waals surface area (Å²) in [5.74, 6) is 0. The SMILES string of the molecule is O=S(=O)(N[S+]([O-])c1ccccc1)c1ccccc1. The van der Waals surface area contributed by atoms with Crippen LogP contribution in [0.4, 0.5) is 0 Å². The van der Waals surface area contributed by atoms with Gasteiger partial charge in [-0.2, -0.15) is 0 Å². The van der Waals surface area contributed by atoms with E-state index < -0.39 is 21.4 Å². The molecule has 2 rings (SSSR count). The van der Waals surface area contributed by atoms with Gasteiger partial charge in [-0.15, -0.1) is 0 Å². The first-order valence-electron chi connectivity index (χ1n) is 5.14. The number of benzene rings is 2. The van der Waals surface area contributed by atoms with Gasteiger partial charge in [0.05, 0.1) is 16.3 Å². The Kier molecular flexibility index (Phi) is 4.03. The molecule has 1 unspecified atom stereocenters. The maximum absolute atomic E-state index is 11.9. The Morgan fingerprint density at radius 3 is 1.94 bits per heavy atom. The van der Waals surface area contributed by atoms with Gasteiger partial charge in [0, 0.05) is 0 Å². The van der Waals surface area contributed by atoms with Crippen molar-refractivity contribution < 1.29 is 13.0 Å². The zero-order valence-electron chi connectivity index (χ0n) is 9.31. The summed E-state index contributed by atoms with van der Waals surface area (Å²) >= 11 is -1.79. The van der Waals surface area contributed by atoms with Crippen molar-refractivity contribution >= 4 is 21.4 Å². The van der Waals surface area contributed by atoms with E-state index >= 15 is 0 Å². The maximum Gasteiger partial charge on any atom is 0.280 e. The fourth-order valence-corrected chi connectivity index (χ4v) is 3.83. The first kappa shape index (κ1) is 13.1. The van der Waals surface area contributed by atoms with Crippen molar-refractivity contribution in [3.63, 3.8) is 0 Å². The van der Waals surface area contributed by atoms with E-state index in [1.165, 1.54) is 12.1 Å². The molecular formula is C12H11NO3S2. The predicted octanol–water partition coefficient (Wildman–Crippen LogP) is 1.69. The second-order valence-electron chi connectivity index (χ2n) is 3.48. The van der Waals surface area contributed by atoms with Crippen molar-refractivity contribution in [2.24, 2.45) is 0 Å². The number of hydrogen-bond acceptors (Lipinski definition) is 3. The largest absolute Gasteiger partial charge is 0.592 e. The van der Waals surface area contributed by atoms with Gasteiger partial charge in [-0.25, -0.2) is 8.42 Å². The molecule has 1 N–H and O–H groups in total. The number of hydrogen-bond donors (Lipinski definition) is 1. The molecule has 94 valence electrons. The van der Waals surface area contributed by atoms with Crippen LogP contribution in [0.3, 0.4) is 0 Å². The minimum absolute atomic E-state index is 0.0919. The fourth-order valence-electron chi connectivity index (χ4n) is 1.34. The average Bonchev–Trinajstić information content (AvgIpc) is 2.40. The standard InChI is InChI=1S/C12H11NO3S2/c14-17(11-7-3-1-4-8-11)13-18(15,16)12-9-5-2-6-10-12/h1-10,13H. The zero-order chi connectivity index (χ0) is 13.0. The smallest absolute Gasteiger partial charge is 0.280 e. The second-order valence-corrected chi connectivity index (χ2v) is 6.64. The van der Waals surface area contributed by atoms with E-state index in [2.05, 4.69) is 4.13 Å². The van der Waals surface area contributed by atoms with Crippen molar-refractivity contribution in [2.45, 2.75) is 9.79 Å². The van der Waals surface area contributed by atoms with E-state index in [-0.39, 0.29) is 4.90 Å². The highest BCUT2D eigenvalue weighted by Gasteiger charge is 2.22. The molecule has 0 aliphatic carbocycles. The molecule has 0 saturated heterocycles. The van der Waals surface area contributed by atoms with Crippen LogP contribution in [0.15, 0.2) is 70.5 Å². The van der Waals surface area contributed by atoms with Crippen LogP contribution in [-0.2, 0) is 21.4 Å².